The van der Waals surface area contributed by atoms with Crippen molar-refractivity contribution in [1.82, 2.24) is 0 Å². The van der Waals surface area contributed by atoms with E-state index in [0.717, 1.165) is 12.5 Å². The lowest BCUT2D eigenvalue weighted by molar-refractivity contribution is 0.209. The predicted octanol–water partition coefficient (Wildman–Crippen LogP) is 2.44. The molecule has 1 fully saturated rings. The third kappa shape index (κ3) is 3.28. The van der Waals surface area contributed by atoms with Crippen LogP contribution < -0.4 is 0 Å². The molecular weight excluding hydrogens is 208 g/mol. The standard InChI is InChI=1S/C11H24O3Si/c1-13-15(14-2,10-6-9-12)11-7-4-3-5-8-11/h11-12H,3-10H2,1-2H3. The van der Waals surface area contributed by atoms with Gasteiger partial charge in [0.15, 0.2) is 0 Å². The highest BCUT2D eigenvalue weighted by atomic mass is 28.4. The SMILES string of the molecule is CO[Si](CCCO)(OC)C1CCCCC1. The van der Waals surface area contributed by atoms with Gasteiger partial charge in [0.2, 0.25) is 0 Å². The second-order valence-corrected chi connectivity index (χ2v) is 8.14. The maximum atomic E-state index is 8.93. The normalized spacial score (nSPS) is 19.4. The van der Waals surface area contributed by atoms with Crippen LogP contribution in [0.1, 0.15) is 38.5 Å². The first-order valence-corrected chi connectivity index (χ1v) is 8.10. The van der Waals surface area contributed by atoms with Crippen molar-refractivity contribution < 1.29 is 14.0 Å². The van der Waals surface area contributed by atoms with Crippen molar-refractivity contribution in [3.05, 3.63) is 0 Å². The molecule has 0 spiro atoms. The quantitative estimate of drug-likeness (QED) is 0.715. The predicted molar refractivity (Wildman–Crippen MR) is 63.1 cm³/mol. The van der Waals surface area contributed by atoms with Crippen LogP contribution in [0.3, 0.4) is 0 Å². The summed E-state index contributed by atoms with van der Waals surface area (Å²) in [4.78, 5) is 0. The molecular formula is C11H24O3Si. The number of hydrogen-bond donors (Lipinski definition) is 1. The van der Waals surface area contributed by atoms with E-state index >= 15 is 0 Å². The molecule has 1 N–H and O–H groups in total. The van der Waals surface area contributed by atoms with Gasteiger partial charge in [-0.05, 0) is 25.3 Å². The van der Waals surface area contributed by atoms with Crippen molar-refractivity contribution in [2.24, 2.45) is 0 Å². The molecule has 0 aromatic rings. The third-order valence-electron chi connectivity index (χ3n) is 3.60. The first-order chi connectivity index (χ1) is 7.29. The molecule has 4 heteroatoms. The highest BCUT2D eigenvalue weighted by molar-refractivity contribution is 6.69. The minimum atomic E-state index is -2.02. The Balaban J connectivity index is 2.59. The van der Waals surface area contributed by atoms with Crippen molar-refractivity contribution in [1.29, 1.82) is 0 Å². The molecule has 0 amide bonds. The van der Waals surface area contributed by atoms with Crippen molar-refractivity contribution in [3.8, 4) is 0 Å². The summed E-state index contributed by atoms with van der Waals surface area (Å²) in [6.07, 6.45) is 7.29. The lowest BCUT2D eigenvalue weighted by Gasteiger charge is -2.37. The summed E-state index contributed by atoms with van der Waals surface area (Å²) in [5.74, 6) is 0. The van der Waals surface area contributed by atoms with E-state index in [1.807, 2.05) is 0 Å². The molecule has 0 unspecified atom stereocenters. The monoisotopic (exact) mass is 232 g/mol. The van der Waals surface area contributed by atoms with Crippen LogP contribution in [0.5, 0.6) is 0 Å². The van der Waals surface area contributed by atoms with E-state index in [1.165, 1.54) is 32.1 Å². The first kappa shape index (κ1) is 13.2. The van der Waals surface area contributed by atoms with E-state index in [0.29, 0.717) is 5.54 Å². The lowest BCUT2D eigenvalue weighted by Crippen LogP contribution is -2.46. The highest BCUT2D eigenvalue weighted by Gasteiger charge is 2.43. The van der Waals surface area contributed by atoms with Gasteiger partial charge in [-0.1, -0.05) is 19.3 Å². The van der Waals surface area contributed by atoms with E-state index < -0.39 is 8.56 Å². The maximum absolute atomic E-state index is 8.93. The molecule has 0 heterocycles. The minimum absolute atomic E-state index is 0.244. The largest absolute Gasteiger partial charge is 0.397 e. The van der Waals surface area contributed by atoms with Gasteiger partial charge in [-0.2, -0.15) is 0 Å². The van der Waals surface area contributed by atoms with E-state index in [-0.39, 0.29) is 6.61 Å². The van der Waals surface area contributed by atoms with Gasteiger partial charge in [0.05, 0.1) is 0 Å². The van der Waals surface area contributed by atoms with E-state index in [1.54, 1.807) is 14.2 Å². The van der Waals surface area contributed by atoms with E-state index in [2.05, 4.69) is 0 Å². The number of aliphatic hydroxyl groups is 1. The lowest BCUT2D eigenvalue weighted by atomic mass is 10.0. The van der Waals surface area contributed by atoms with Crippen LogP contribution in [0.15, 0.2) is 0 Å². The molecule has 0 bridgehead atoms. The van der Waals surface area contributed by atoms with Crippen LogP contribution in [0, 0.1) is 0 Å². The van der Waals surface area contributed by atoms with Crippen LogP contribution in [0.2, 0.25) is 11.6 Å². The molecule has 1 saturated carbocycles. The molecule has 0 aromatic carbocycles. The van der Waals surface area contributed by atoms with Gasteiger partial charge < -0.3 is 14.0 Å². The molecule has 0 atom stereocenters. The fourth-order valence-corrected chi connectivity index (χ4v) is 6.28. The van der Waals surface area contributed by atoms with Crippen molar-refractivity contribution >= 4 is 8.56 Å². The van der Waals surface area contributed by atoms with Gasteiger partial charge in [0.1, 0.15) is 0 Å². The van der Waals surface area contributed by atoms with Crippen LogP contribution >= 0.6 is 0 Å². The smallest absolute Gasteiger partial charge is 0.340 e. The Kier molecular flexibility index (Phi) is 5.82. The summed E-state index contributed by atoms with van der Waals surface area (Å²) in [5, 5.41) is 8.93. The number of hydrogen-bond acceptors (Lipinski definition) is 3. The second-order valence-electron chi connectivity index (χ2n) is 4.38. The summed E-state index contributed by atoms with van der Waals surface area (Å²) in [5.41, 5.74) is 0.632. The number of aliphatic hydroxyl groups excluding tert-OH is 1. The Bertz CT molecular complexity index is 165. The van der Waals surface area contributed by atoms with Gasteiger partial charge >= 0.3 is 8.56 Å². The summed E-state index contributed by atoms with van der Waals surface area (Å²) < 4.78 is 11.5. The van der Waals surface area contributed by atoms with Crippen molar-refractivity contribution in [2.45, 2.75) is 50.1 Å². The van der Waals surface area contributed by atoms with Gasteiger partial charge in [-0.25, -0.2) is 0 Å². The molecule has 15 heavy (non-hydrogen) atoms. The van der Waals surface area contributed by atoms with Gasteiger partial charge in [-0.3, -0.25) is 0 Å². The van der Waals surface area contributed by atoms with Crippen molar-refractivity contribution in [3.63, 3.8) is 0 Å². The summed E-state index contributed by atoms with van der Waals surface area (Å²) in [7, 11) is 1.54. The molecule has 1 aliphatic carbocycles. The summed E-state index contributed by atoms with van der Waals surface area (Å²) >= 11 is 0. The average molecular weight is 232 g/mol. The number of rotatable bonds is 6. The van der Waals surface area contributed by atoms with E-state index in [9.17, 15) is 0 Å². The summed E-state index contributed by atoms with van der Waals surface area (Å²) in [6, 6.07) is 0.932. The molecule has 1 aliphatic rings. The average Bonchev–Trinajstić information content (AvgIpc) is 2.33. The fourth-order valence-electron chi connectivity index (χ4n) is 2.69. The van der Waals surface area contributed by atoms with Crippen LogP contribution in [0.4, 0.5) is 0 Å². The molecule has 0 aromatic heterocycles. The Hall–Kier alpha value is 0.0969. The van der Waals surface area contributed by atoms with Gasteiger partial charge in [-0.15, -0.1) is 0 Å². The zero-order valence-corrected chi connectivity index (χ0v) is 11.0. The maximum Gasteiger partial charge on any atom is 0.340 e. The van der Waals surface area contributed by atoms with Crippen LogP contribution in [-0.4, -0.2) is 34.5 Å². The Labute approximate surface area is 94.0 Å². The van der Waals surface area contributed by atoms with Crippen LogP contribution in [0.25, 0.3) is 0 Å². The van der Waals surface area contributed by atoms with E-state index in [4.69, 9.17) is 14.0 Å². The Morgan fingerprint density at radius 1 is 1.13 bits per heavy atom. The minimum Gasteiger partial charge on any atom is -0.397 e. The van der Waals surface area contributed by atoms with Gasteiger partial charge in [0.25, 0.3) is 0 Å². The molecule has 1 rings (SSSR count). The Morgan fingerprint density at radius 2 is 1.73 bits per heavy atom. The zero-order valence-electron chi connectivity index (χ0n) is 10.00. The molecule has 0 aliphatic heterocycles. The molecule has 0 saturated heterocycles. The zero-order chi connectivity index (χ0) is 11.1. The van der Waals surface area contributed by atoms with Gasteiger partial charge in [0, 0.05) is 26.4 Å². The molecule has 3 nitrogen and oxygen atoms in total. The molecule has 0 radical (unpaired) electrons. The Morgan fingerprint density at radius 3 is 2.20 bits per heavy atom. The topological polar surface area (TPSA) is 38.7 Å². The van der Waals surface area contributed by atoms with Crippen LogP contribution in [-0.2, 0) is 8.85 Å². The summed E-state index contributed by atoms with van der Waals surface area (Å²) in [6.45, 7) is 0.244. The first-order valence-electron chi connectivity index (χ1n) is 6.00. The van der Waals surface area contributed by atoms with Crippen molar-refractivity contribution in [2.75, 3.05) is 20.8 Å². The molecule has 90 valence electrons. The fraction of sp³-hybridized carbons (Fsp3) is 1.00. The second kappa shape index (κ2) is 6.63. The highest BCUT2D eigenvalue weighted by Crippen LogP contribution is 2.40. The third-order valence-corrected chi connectivity index (χ3v) is 7.86.